The number of likely N-dealkylation sites (tertiary alicyclic amines) is 1. The molecule has 9 heteroatoms. The van der Waals surface area contributed by atoms with Gasteiger partial charge in [0.1, 0.15) is 18.3 Å². The molecule has 0 radical (unpaired) electrons. The van der Waals surface area contributed by atoms with E-state index in [1.807, 2.05) is 0 Å². The van der Waals surface area contributed by atoms with Gasteiger partial charge in [-0.2, -0.15) is 0 Å². The molecule has 3 aliphatic heterocycles. The first-order valence-corrected chi connectivity index (χ1v) is 9.06. The first-order valence-electron chi connectivity index (χ1n) is 9.06. The molecule has 0 aliphatic carbocycles. The number of aliphatic hydroxyl groups excluding tert-OH is 1. The third-order valence-corrected chi connectivity index (χ3v) is 5.21. The van der Waals surface area contributed by atoms with Crippen LogP contribution in [0, 0.1) is 0 Å². The summed E-state index contributed by atoms with van der Waals surface area (Å²) in [5.41, 5.74) is -0.427. The fourth-order valence-corrected chi connectivity index (χ4v) is 4.04. The molecular weight excluding hydrogens is 342 g/mol. The number of fused-ring (bicyclic) bond motifs is 1. The zero-order valence-electron chi connectivity index (χ0n) is 15.0. The lowest BCUT2D eigenvalue weighted by Gasteiger charge is -2.24. The molecule has 0 bridgehead atoms. The molecular formula is C17H25N3O6. The zero-order chi connectivity index (χ0) is 18.5. The van der Waals surface area contributed by atoms with Crippen LogP contribution in [0.5, 0.6) is 0 Å². The number of rotatable bonds is 4. The number of ether oxygens (including phenoxy) is 3. The lowest BCUT2D eigenvalue weighted by molar-refractivity contribution is -0.200. The highest BCUT2D eigenvalue weighted by atomic mass is 16.8. The van der Waals surface area contributed by atoms with Gasteiger partial charge in [-0.15, -0.1) is 0 Å². The average molecular weight is 367 g/mol. The van der Waals surface area contributed by atoms with E-state index in [1.165, 1.54) is 4.57 Å². The van der Waals surface area contributed by atoms with E-state index < -0.39 is 36.0 Å². The molecule has 2 N–H and O–H groups in total. The van der Waals surface area contributed by atoms with Crippen molar-refractivity contribution < 1.29 is 19.3 Å². The van der Waals surface area contributed by atoms with Crippen molar-refractivity contribution in [3.05, 3.63) is 32.6 Å². The van der Waals surface area contributed by atoms with Gasteiger partial charge in [-0.05, 0) is 39.8 Å². The maximum absolute atomic E-state index is 12.4. The van der Waals surface area contributed by atoms with E-state index in [0.717, 1.165) is 25.9 Å². The Labute approximate surface area is 150 Å². The summed E-state index contributed by atoms with van der Waals surface area (Å²) in [6.45, 7) is 5.71. The van der Waals surface area contributed by atoms with Crippen LogP contribution in [0.4, 0.5) is 0 Å². The van der Waals surface area contributed by atoms with Gasteiger partial charge in [-0.3, -0.25) is 19.2 Å². The second kappa shape index (κ2) is 6.58. The Morgan fingerprint density at radius 3 is 2.62 bits per heavy atom. The van der Waals surface area contributed by atoms with E-state index in [1.54, 1.807) is 20.0 Å². The van der Waals surface area contributed by atoms with Gasteiger partial charge in [0.2, 0.25) is 0 Å². The van der Waals surface area contributed by atoms with E-state index in [2.05, 4.69) is 9.88 Å². The standard InChI is InChI=1S/C17H25N3O6/c1-17(2)25-12-11(9-21)24-15(13(12)26-17)20-8-10(14(22)18-16(20)23)7-19-5-3-4-6-19/h8,11-13,15,21H,3-7,9H2,1-2H3,(H,18,22,23)/t11-,12+,13?,15-/m1/s1. The van der Waals surface area contributed by atoms with Gasteiger partial charge >= 0.3 is 5.69 Å². The predicted molar refractivity (Wildman–Crippen MR) is 90.7 cm³/mol. The van der Waals surface area contributed by atoms with Gasteiger partial charge in [-0.25, -0.2) is 4.79 Å². The van der Waals surface area contributed by atoms with Crippen molar-refractivity contribution >= 4 is 0 Å². The van der Waals surface area contributed by atoms with Crippen LogP contribution in [0.15, 0.2) is 15.8 Å². The monoisotopic (exact) mass is 367 g/mol. The first kappa shape index (κ1) is 17.9. The van der Waals surface area contributed by atoms with Gasteiger partial charge in [-0.1, -0.05) is 0 Å². The Balaban J connectivity index is 1.66. The van der Waals surface area contributed by atoms with E-state index in [0.29, 0.717) is 12.1 Å². The van der Waals surface area contributed by atoms with Crippen LogP contribution >= 0.6 is 0 Å². The lowest BCUT2D eigenvalue weighted by atomic mass is 10.1. The average Bonchev–Trinajstić information content (AvgIpc) is 3.25. The van der Waals surface area contributed by atoms with Crippen molar-refractivity contribution in [1.82, 2.24) is 14.5 Å². The topological polar surface area (TPSA) is 106 Å². The Kier molecular flexibility index (Phi) is 4.52. The number of nitrogens with one attached hydrogen (secondary N) is 1. The lowest BCUT2D eigenvalue weighted by Crippen LogP contribution is -2.39. The van der Waals surface area contributed by atoms with Crippen LogP contribution in [-0.2, 0) is 20.8 Å². The molecule has 4 rings (SSSR count). The van der Waals surface area contributed by atoms with Crippen molar-refractivity contribution in [3.63, 3.8) is 0 Å². The zero-order valence-corrected chi connectivity index (χ0v) is 15.0. The number of aromatic amines is 1. The molecule has 4 heterocycles. The van der Waals surface area contributed by atoms with Crippen LogP contribution in [0.25, 0.3) is 0 Å². The normalized spacial score (nSPS) is 33.7. The number of hydrogen-bond acceptors (Lipinski definition) is 7. The molecule has 1 unspecified atom stereocenters. The highest BCUT2D eigenvalue weighted by Gasteiger charge is 2.55. The van der Waals surface area contributed by atoms with Crippen LogP contribution in [0.1, 0.15) is 38.5 Å². The Hall–Kier alpha value is -1.52. The molecule has 9 nitrogen and oxygen atoms in total. The van der Waals surface area contributed by atoms with Gasteiger partial charge in [0, 0.05) is 18.3 Å². The molecule has 3 saturated heterocycles. The molecule has 3 aliphatic rings. The third kappa shape index (κ3) is 3.14. The summed E-state index contributed by atoms with van der Waals surface area (Å²) >= 11 is 0. The highest BCUT2D eigenvalue weighted by molar-refractivity contribution is 5.07. The predicted octanol–water partition coefficient (Wildman–Crippen LogP) is -0.458. The molecule has 3 fully saturated rings. The van der Waals surface area contributed by atoms with Crippen LogP contribution in [0.2, 0.25) is 0 Å². The number of aromatic nitrogens is 2. The molecule has 0 amide bonds. The molecule has 26 heavy (non-hydrogen) atoms. The smallest absolute Gasteiger partial charge is 0.330 e. The van der Waals surface area contributed by atoms with Crippen LogP contribution in [-0.4, -0.2) is 63.4 Å². The molecule has 0 spiro atoms. The maximum Gasteiger partial charge on any atom is 0.330 e. The van der Waals surface area contributed by atoms with E-state index in [4.69, 9.17) is 14.2 Å². The molecule has 1 aromatic rings. The summed E-state index contributed by atoms with van der Waals surface area (Å²) in [4.78, 5) is 29.2. The summed E-state index contributed by atoms with van der Waals surface area (Å²) in [5.74, 6) is -0.824. The summed E-state index contributed by atoms with van der Waals surface area (Å²) in [7, 11) is 0. The first-order chi connectivity index (χ1) is 12.4. The molecule has 0 saturated carbocycles. The van der Waals surface area contributed by atoms with E-state index >= 15 is 0 Å². The largest absolute Gasteiger partial charge is 0.394 e. The van der Waals surface area contributed by atoms with E-state index in [9.17, 15) is 14.7 Å². The summed E-state index contributed by atoms with van der Waals surface area (Å²) in [5, 5.41) is 9.59. The fraction of sp³-hybridized carbons (Fsp3) is 0.765. The van der Waals surface area contributed by atoms with Crippen molar-refractivity contribution in [3.8, 4) is 0 Å². The number of aliphatic hydroxyl groups is 1. The van der Waals surface area contributed by atoms with E-state index in [-0.39, 0.29) is 12.2 Å². The van der Waals surface area contributed by atoms with Gasteiger partial charge < -0.3 is 19.3 Å². The second-order valence-electron chi connectivity index (χ2n) is 7.62. The highest BCUT2D eigenvalue weighted by Crippen LogP contribution is 2.42. The quantitative estimate of drug-likeness (QED) is 0.742. The van der Waals surface area contributed by atoms with Crippen molar-refractivity contribution in [1.29, 1.82) is 0 Å². The molecule has 144 valence electrons. The van der Waals surface area contributed by atoms with Gasteiger partial charge in [0.25, 0.3) is 5.56 Å². The Morgan fingerprint density at radius 2 is 1.92 bits per heavy atom. The summed E-state index contributed by atoms with van der Waals surface area (Å²) in [6.07, 6.45) is 1.42. The number of H-pyrrole nitrogens is 1. The number of nitrogens with zero attached hydrogens (tertiary/aromatic N) is 2. The molecule has 0 aromatic carbocycles. The SMILES string of the molecule is CC1(C)OC2[C@@H](O1)[C@@H](CO)O[C@H]2n1cc(CN2CCCC2)c(=O)[nH]c1=O. The summed E-state index contributed by atoms with van der Waals surface area (Å²) in [6, 6.07) is 0. The van der Waals surface area contributed by atoms with Crippen LogP contribution < -0.4 is 11.2 Å². The van der Waals surface area contributed by atoms with Crippen molar-refractivity contribution in [2.75, 3.05) is 19.7 Å². The molecule has 4 atom stereocenters. The van der Waals surface area contributed by atoms with Gasteiger partial charge in [0.15, 0.2) is 12.0 Å². The minimum absolute atomic E-state index is 0.240. The second-order valence-corrected chi connectivity index (χ2v) is 7.62. The van der Waals surface area contributed by atoms with Gasteiger partial charge in [0.05, 0.1) is 6.61 Å². The van der Waals surface area contributed by atoms with Crippen molar-refractivity contribution in [2.45, 2.75) is 63.6 Å². The Bertz CT molecular complexity index is 781. The van der Waals surface area contributed by atoms with Crippen molar-refractivity contribution in [2.24, 2.45) is 0 Å². The minimum Gasteiger partial charge on any atom is -0.394 e. The summed E-state index contributed by atoms with van der Waals surface area (Å²) < 4.78 is 18.9. The fourth-order valence-electron chi connectivity index (χ4n) is 4.04. The molecule has 1 aromatic heterocycles. The Morgan fingerprint density at radius 1 is 1.23 bits per heavy atom. The third-order valence-electron chi connectivity index (χ3n) is 5.21. The number of hydrogen-bond donors (Lipinski definition) is 2. The van der Waals surface area contributed by atoms with Crippen LogP contribution in [0.3, 0.4) is 0 Å². The minimum atomic E-state index is -0.824. The maximum atomic E-state index is 12.4.